The maximum Gasteiger partial charge on any atom is 0.229 e. The van der Waals surface area contributed by atoms with Crippen molar-refractivity contribution in [2.75, 3.05) is 35.5 Å². The van der Waals surface area contributed by atoms with E-state index >= 15 is 0 Å². The molecular formula is C27H33N3O6S2. The highest BCUT2D eigenvalue weighted by atomic mass is 32.2. The Kier molecular flexibility index (Phi) is 8.31. The van der Waals surface area contributed by atoms with Crippen LogP contribution in [0.1, 0.15) is 30.1 Å². The van der Waals surface area contributed by atoms with Crippen molar-refractivity contribution in [3.8, 4) is 5.75 Å². The van der Waals surface area contributed by atoms with E-state index in [9.17, 15) is 27.0 Å². The maximum atomic E-state index is 12.9. The Labute approximate surface area is 224 Å². The van der Waals surface area contributed by atoms with Crippen LogP contribution < -0.4 is 14.9 Å². The molecule has 9 nitrogen and oxygen atoms in total. The van der Waals surface area contributed by atoms with Gasteiger partial charge in [0.1, 0.15) is 5.75 Å². The van der Waals surface area contributed by atoms with Crippen molar-refractivity contribution in [1.82, 2.24) is 5.32 Å². The lowest BCUT2D eigenvalue weighted by molar-refractivity contribution is 0.167. The van der Waals surface area contributed by atoms with E-state index in [1.165, 1.54) is 12.1 Å². The molecule has 1 saturated heterocycles. The number of anilines is 2. The lowest BCUT2D eigenvalue weighted by Crippen LogP contribution is -2.43. The van der Waals surface area contributed by atoms with Crippen molar-refractivity contribution in [1.29, 1.82) is 0 Å². The van der Waals surface area contributed by atoms with Crippen molar-refractivity contribution in [2.24, 2.45) is 0 Å². The fourth-order valence-electron chi connectivity index (χ4n) is 4.47. The lowest BCUT2D eigenvalue weighted by atomic mass is 10.0. The number of sulfone groups is 1. The monoisotopic (exact) mass is 559 g/mol. The molecule has 4 N–H and O–H groups in total. The Morgan fingerprint density at radius 2 is 1.50 bits per heavy atom. The topological polar surface area (TPSA) is 136 Å². The average molecular weight is 560 g/mol. The number of aliphatic hydroxyl groups excluding tert-OH is 1. The third kappa shape index (κ3) is 6.84. The van der Waals surface area contributed by atoms with Gasteiger partial charge in [0.15, 0.2) is 0 Å². The van der Waals surface area contributed by atoms with Crippen LogP contribution in [0.3, 0.4) is 0 Å². The first-order valence-electron chi connectivity index (χ1n) is 12.3. The number of aryl methyl sites for hydroxylation is 1. The van der Waals surface area contributed by atoms with Crippen LogP contribution in [0.15, 0.2) is 76.5 Å². The number of nitrogens with one attached hydrogen (secondary N) is 2. The number of hydrogen-bond donors (Lipinski definition) is 4. The second-order valence-corrected chi connectivity index (χ2v) is 13.3. The molecule has 1 fully saturated rings. The third-order valence-electron chi connectivity index (χ3n) is 6.64. The van der Waals surface area contributed by atoms with Crippen molar-refractivity contribution < 1.29 is 27.0 Å². The molecule has 0 spiro atoms. The molecule has 0 saturated carbocycles. The minimum Gasteiger partial charge on any atom is -0.506 e. The second-order valence-electron chi connectivity index (χ2n) is 9.65. The maximum absolute atomic E-state index is 12.9. The van der Waals surface area contributed by atoms with Crippen LogP contribution in [0.4, 0.5) is 11.4 Å². The summed E-state index contributed by atoms with van der Waals surface area (Å²) in [6.07, 6.45) is 1.79. The van der Waals surface area contributed by atoms with Gasteiger partial charge in [-0.3, -0.25) is 4.72 Å². The summed E-state index contributed by atoms with van der Waals surface area (Å²) in [5, 5.41) is 23.9. The van der Waals surface area contributed by atoms with Crippen LogP contribution in [0.5, 0.6) is 5.75 Å². The van der Waals surface area contributed by atoms with E-state index in [2.05, 4.69) is 14.9 Å². The van der Waals surface area contributed by atoms with Crippen LogP contribution in [0.25, 0.3) is 0 Å². The van der Waals surface area contributed by atoms with Crippen molar-refractivity contribution in [3.05, 3.63) is 77.9 Å². The molecule has 1 atom stereocenters. The van der Waals surface area contributed by atoms with Gasteiger partial charge in [-0.15, -0.1) is 0 Å². The highest BCUT2D eigenvalue weighted by Gasteiger charge is 2.22. The smallest absolute Gasteiger partial charge is 0.229 e. The lowest BCUT2D eigenvalue weighted by Gasteiger charge is -2.34. The van der Waals surface area contributed by atoms with Gasteiger partial charge in [0, 0.05) is 31.4 Å². The molecule has 1 heterocycles. The number of phenols is 1. The highest BCUT2D eigenvalue weighted by molar-refractivity contribution is 7.92. The number of hydrogen-bond acceptors (Lipinski definition) is 8. The van der Waals surface area contributed by atoms with E-state index in [0.29, 0.717) is 5.56 Å². The molecule has 38 heavy (non-hydrogen) atoms. The second kappa shape index (κ2) is 11.3. The zero-order chi connectivity index (χ0) is 27.5. The van der Waals surface area contributed by atoms with E-state index in [-0.39, 0.29) is 33.8 Å². The van der Waals surface area contributed by atoms with Gasteiger partial charge in [0.05, 0.1) is 27.8 Å². The Hall–Kier alpha value is -3.12. The van der Waals surface area contributed by atoms with E-state index in [4.69, 9.17) is 0 Å². The molecule has 0 aromatic heterocycles. The first kappa shape index (κ1) is 27.9. The Morgan fingerprint density at radius 3 is 2.08 bits per heavy atom. The molecule has 0 aliphatic carbocycles. The first-order valence-corrected chi connectivity index (χ1v) is 15.7. The molecule has 0 radical (unpaired) electrons. The minimum absolute atomic E-state index is 0.0232. The van der Waals surface area contributed by atoms with Crippen LogP contribution in [-0.4, -0.2) is 59.0 Å². The van der Waals surface area contributed by atoms with Gasteiger partial charge in [-0.25, -0.2) is 16.8 Å². The van der Waals surface area contributed by atoms with Crippen molar-refractivity contribution in [2.45, 2.75) is 41.7 Å². The van der Waals surface area contributed by atoms with Gasteiger partial charge in [-0.1, -0.05) is 23.8 Å². The quantitative estimate of drug-likeness (QED) is 0.294. The zero-order valence-corrected chi connectivity index (χ0v) is 23.0. The van der Waals surface area contributed by atoms with E-state index in [1.807, 2.05) is 19.1 Å². The molecule has 0 bridgehead atoms. The standard InChI is InChI=1S/C27H33N3O6S2/c1-19-3-8-23(9-4-19)38(35,36)24-10-6-22(7-11-24)30-15-13-21(14-16-30)28-18-27(32)20-5-12-26(31)25(17-20)29-37(2,33)34/h3-12,17,21,27-29,31-32H,13-16,18H2,1-2H3. The van der Waals surface area contributed by atoms with Gasteiger partial charge >= 0.3 is 0 Å². The molecule has 3 aromatic carbocycles. The number of sulfonamides is 1. The fraction of sp³-hybridized carbons (Fsp3) is 0.333. The van der Waals surface area contributed by atoms with Crippen LogP contribution in [0, 0.1) is 6.92 Å². The van der Waals surface area contributed by atoms with E-state index < -0.39 is 26.0 Å². The average Bonchev–Trinajstić information content (AvgIpc) is 2.88. The van der Waals surface area contributed by atoms with E-state index in [0.717, 1.165) is 43.4 Å². The van der Waals surface area contributed by atoms with Crippen molar-refractivity contribution >= 4 is 31.2 Å². The normalized spacial score (nSPS) is 15.8. The molecule has 1 aliphatic rings. The summed E-state index contributed by atoms with van der Waals surface area (Å²) in [5.74, 6) is -0.215. The highest BCUT2D eigenvalue weighted by Crippen LogP contribution is 2.29. The number of aromatic hydroxyl groups is 1. The number of benzene rings is 3. The Morgan fingerprint density at radius 1 is 0.921 bits per heavy atom. The van der Waals surface area contributed by atoms with Gasteiger partial charge in [0.2, 0.25) is 19.9 Å². The van der Waals surface area contributed by atoms with Crippen LogP contribution >= 0.6 is 0 Å². The van der Waals surface area contributed by atoms with E-state index in [1.54, 1.807) is 42.5 Å². The number of piperidine rings is 1. The van der Waals surface area contributed by atoms with Crippen LogP contribution in [0.2, 0.25) is 0 Å². The number of rotatable bonds is 9. The predicted octanol–water partition coefficient (Wildman–Crippen LogP) is 3.20. The third-order valence-corrected chi connectivity index (χ3v) is 9.02. The minimum atomic E-state index is -3.57. The van der Waals surface area contributed by atoms with Crippen LogP contribution in [-0.2, 0) is 19.9 Å². The molecule has 11 heteroatoms. The summed E-state index contributed by atoms with van der Waals surface area (Å²) in [6.45, 7) is 3.75. The largest absolute Gasteiger partial charge is 0.506 e. The summed E-state index contributed by atoms with van der Waals surface area (Å²) in [7, 11) is -7.13. The fourth-order valence-corrected chi connectivity index (χ4v) is 6.29. The van der Waals surface area contributed by atoms with Gasteiger partial charge in [-0.05, 0) is 73.9 Å². The molecule has 1 aliphatic heterocycles. The van der Waals surface area contributed by atoms with Crippen molar-refractivity contribution in [3.63, 3.8) is 0 Å². The molecule has 0 amide bonds. The van der Waals surface area contributed by atoms with Gasteiger partial charge in [0.25, 0.3) is 0 Å². The number of aliphatic hydroxyl groups is 1. The summed E-state index contributed by atoms with van der Waals surface area (Å²) in [4.78, 5) is 2.75. The molecular weight excluding hydrogens is 526 g/mol. The molecule has 1 unspecified atom stereocenters. The number of nitrogens with zero attached hydrogens (tertiary/aromatic N) is 1. The Bertz CT molecular complexity index is 1470. The molecule has 3 aromatic rings. The summed E-state index contributed by atoms with van der Waals surface area (Å²) in [5.41, 5.74) is 2.47. The molecule has 204 valence electrons. The zero-order valence-electron chi connectivity index (χ0n) is 21.3. The first-order chi connectivity index (χ1) is 17.9. The Balaban J connectivity index is 1.30. The SMILES string of the molecule is Cc1ccc(S(=O)(=O)c2ccc(N3CCC(NCC(O)c4ccc(O)c(NS(C)(=O)=O)c4)CC3)cc2)cc1. The summed E-state index contributed by atoms with van der Waals surface area (Å²) >= 11 is 0. The molecule has 4 rings (SSSR count). The van der Waals surface area contributed by atoms with Gasteiger partial charge in [-0.2, -0.15) is 0 Å². The predicted molar refractivity (Wildman–Crippen MR) is 148 cm³/mol. The summed E-state index contributed by atoms with van der Waals surface area (Å²) < 4.78 is 51.1. The summed E-state index contributed by atoms with van der Waals surface area (Å²) in [6, 6.07) is 18.3. The van der Waals surface area contributed by atoms with Gasteiger partial charge < -0.3 is 20.4 Å². The number of phenolic OH excluding ortho intramolecular Hbond substituents is 1.